The smallest absolute Gasteiger partial charge is 0.141 e. The van der Waals surface area contributed by atoms with Gasteiger partial charge in [0, 0.05) is 36.8 Å². The quantitative estimate of drug-likeness (QED) is 0.822. The third-order valence-electron chi connectivity index (χ3n) is 3.86. The summed E-state index contributed by atoms with van der Waals surface area (Å²) >= 11 is 0. The molecule has 0 bridgehead atoms. The molecule has 0 aliphatic carbocycles. The third-order valence-corrected chi connectivity index (χ3v) is 3.86. The summed E-state index contributed by atoms with van der Waals surface area (Å²) in [6.45, 7) is 1.97. The van der Waals surface area contributed by atoms with Crippen LogP contribution in [0.1, 0.15) is 5.69 Å². The number of rotatable bonds is 2. The van der Waals surface area contributed by atoms with Crippen LogP contribution in [0.5, 0.6) is 0 Å². The zero-order valence-electron chi connectivity index (χ0n) is 9.80. The summed E-state index contributed by atoms with van der Waals surface area (Å²) in [6, 6.07) is 2.03. The van der Waals surface area contributed by atoms with Crippen molar-refractivity contribution in [2.24, 2.45) is 10.9 Å². The first-order chi connectivity index (χ1) is 8.90. The molecular formula is C13H13N5. The Hall–Kier alpha value is -2.01. The number of aromatic amines is 1. The highest BCUT2D eigenvalue weighted by molar-refractivity contribution is 5.82. The Morgan fingerprint density at radius 1 is 1.28 bits per heavy atom. The molecule has 4 heterocycles. The zero-order chi connectivity index (χ0) is 12.0. The molecule has 4 rings (SSSR count). The molecule has 2 N–H and O–H groups in total. The normalized spacial score (nSPS) is 26.9. The van der Waals surface area contributed by atoms with Crippen LogP contribution in [0.2, 0.25) is 0 Å². The van der Waals surface area contributed by atoms with E-state index in [2.05, 4.69) is 26.3 Å². The summed E-state index contributed by atoms with van der Waals surface area (Å²) in [6.07, 6.45) is 9.56. The van der Waals surface area contributed by atoms with Crippen LogP contribution < -0.4 is 5.32 Å². The fourth-order valence-corrected chi connectivity index (χ4v) is 2.77. The van der Waals surface area contributed by atoms with Gasteiger partial charge in [-0.3, -0.25) is 4.99 Å². The molecule has 0 spiro atoms. The first-order valence-corrected chi connectivity index (χ1v) is 6.12. The molecule has 2 aromatic heterocycles. The van der Waals surface area contributed by atoms with Crippen molar-refractivity contribution in [1.29, 1.82) is 0 Å². The maximum atomic E-state index is 4.71. The van der Waals surface area contributed by atoms with Gasteiger partial charge in [0.2, 0.25) is 0 Å². The summed E-state index contributed by atoms with van der Waals surface area (Å²) in [5.74, 6) is 0.473. The number of aliphatic imine (C=N–C) groups is 1. The molecule has 90 valence electrons. The predicted octanol–water partition coefficient (Wildman–Crippen LogP) is 1.01. The van der Waals surface area contributed by atoms with Crippen LogP contribution >= 0.6 is 0 Å². The minimum atomic E-state index is -0.311. The van der Waals surface area contributed by atoms with E-state index in [4.69, 9.17) is 4.99 Å². The van der Waals surface area contributed by atoms with E-state index in [9.17, 15) is 0 Å². The van der Waals surface area contributed by atoms with Crippen molar-refractivity contribution >= 4 is 17.2 Å². The van der Waals surface area contributed by atoms with Crippen LogP contribution in [0.4, 0.5) is 0 Å². The largest absolute Gasteiger partial charge is 0.346 e. The van der Waals surface area contributed by atoms with Gasteiger partial charge in [0.25, 0.3) is 0 Å². The molecular weight excluding hydrogens is 226 g/mol. The van der Waals surface area contributed by atoms with Gasteiger partial charge >= 0.3 is 0 Å². The molecule has 1 atom stereocenters. The SMILES string of the molecule is C1=CC(c2ncnc3[nH]ccc23)(C2CNC2)N=C1. The minimum absolute atomic E-state index is 0.311. The molecule has 0 radical (unpaired) electrons. The molecule has 2 aliphatic heterocycles. The van der Waals surface area contributed by atoms with Crippen LogP contribution in [0.3, 0.4) is 0 Å². The maximum Gasteiger partial charge on any atom is 0.141 e. The van der Waals surface area contributed by atoms with E-state index in [1.165, 1.54) is 0 Å². The van der Waals surface area contributed by atoms with Crippen molar-refractivity contribution in [2.75, 3.05) is 13.1 Å². The van der Waals surface area contributed by atoms with Gasteiger partial charge in [-0.25, -0.2) is 9.97 Å². The zero-order valence-corrected chi connectivity index (χ0v) is 9.80. The van der Waals surface area contributed by atoms with E-state index in [0.717, 1.165) is 29.8 Å². The number of nitrogens with zero attached hydrogens (tertiary/aromatic N) is 3. The number of H-pyrrole nitrogens is 1. The van der Waals surface area contributed by atoms with Crippen molar-refractivity contribution in [3.63, 3.8) is 0 Å². The third kappa shape index (κ3) is 1.17. The number of allylic oxidation sites excluding steroid dienone is 1. The molecule has 1 saturated heterocycles. The van der Waals surface area contributed by atoms with Gasteiger partial charge in [-0.2, -0.15) is 0 Å². The van der Waals surface area contributed by atoms with E-state index in [0.29, 0.717) is 5.92 Å². The Morgan fingerprint density at radius 2 is 2.22 bits per heavy atom. The summed E-state index contributed by atoms with van der Waals surface area (Å²) in [7, 11) is 0. The van der Waals surface area contributed by atoms with Crippen molar-refractivity contribution in [1.82, 2.24) is 20.3 Å². The number of aromatic nitrogens is 3. The van der Waals surface area contributed by atoms with E-state index in [1.54, 1.807) is 6.33 Å². The van der Waals surface area contributed by atoms with Gasteiger partial charge in [0.15, 0.2) is 0 Å². The number of fused-ring (bicyclic) bond motifs is 1. The highest BCUT2D eigenvalue weighted by atomic mass is 15.0. The van der Waals surface area contributed by atoms with E-state index >= 15 is 0 Å². The Kier molecular flexibility index (Phi) is 1.93. The molecule has 1 unspecified atom stereocenters. The number of hydrogen-bond acceptors (Lipinski definition) is 4. The average Bonchev–Trinajstić information content (AvgIpc) is 2.94. The van der Waals surface area contributed by atoms with Crippen LogP contribution in [-0.2, 0) is 5.54 Å². The fraction of sp³-hybridized carbons (Fsp3) is 0.308. The molecule has 0 saturated carbocycles. The van der Waals surface area contributed by atoms with Crippen molar-refractivity contribution in [3.05, 3.63) is 36.4 Å². The van der Waals surface area contributed by atoms with Gasteiger partial charge in [-0.15, -0.1) is 0 Å². The lowest BCUT2D eigenvalue weighted by Gasteiger charge is -2.39. The van der Waals surface area contributed by atoms with Gasteiger partial charge in [0.1, 0.15) is 17.5 Å². The monoisotopic (exact) mass is 239 g/mol. The number of nitrogens with one attached hydrogen (secondary N) is 2. The second-order valence-corrected chi connectivity index (χ2v) is 4.78. The second-order valence-electron chi connectivity index (χ2n) is 4.78. The lowest BCUT2D eigenvalue weighted by atomic mass is 9.77. The van der Waals surface area contributed by atoms with E-state index in [-0.39, 0.29) is 5.54 Å². The molecule has 1 fully saturated rings. The van der Waals surface area contributed by atoms with Gasteiger partial charge in [0.05, 0.1) is 5.69 Å². The molecule has 5 nitrogen and oxygen atoms in total. The Labute approximate surface area is 104 Å². The summed E-state index contributed by atoms with van der Waals surface area (Å²) in [5, 5.41) is 4.38. The summed E-state index contributed by atoms with van der Waals surface area (Å²) in [4.78, 5) is 16.6. The second kappa shape index (κ2) is 3.49. The summed E-state index contributed by atoms with van der Waals surface area (Å²) < 4.78 is 0. The molecule has 2 aromatic rings. The van der Waals surface area contributed by atoms with Crippen molar-refractivity contribution in [3.8, 4) is 0 Å². The van der Waals surface area contributed by atoms with Crippen LogP contribution in [-0.4, -0.2) is 34.3 Å². The topological polar surface area (TPSA) is 66.0 Å². The molecule has 0 aromatic carbocycles. The molecule has 0 amide bonds. The Bertz CT molecular complexity index is 638. The maximum absolute atomic E-state index is 4.71. The van der Waals surface area contributed by atoms with E-state index in [1.807, 2.05) is 24.6 Å². The van der Waals surface area contributed by atoms with Gasteiger partial charge in [-0.1, -0.05) is 0 Å². The standard InChI is InChI=1S/C13H13N5/c1-3-13(18-4-1,9-6-14-7-9)11-10-2-5-15-12(10)17-8-16-11/h1-5,8-9,14H,6-7H2,(H,15,16,17). The van der Waals surface area contributed by atoms with Crippen molar-refractivity contribution < 1.29 is 0 Å². The van der Waals surface area contributed by atoms with Gasteiger partial charge < -0.3 is 10.3 Å². The average molecular weight is 239 g/mol. The highest BCUT2D eigenvalue weighted by Crippen LogP contribution is 2.40. The first kappa shape index (κ1) is 9.96. The minimum Gasteiger partial charge on any atom is -0.346 e. The summed E-state index contributed by atoms with van der Waals surface area (Å²) in [5.41, 5.74) is 1.57. The highest BCUT2D eigenvalue weighted by Gasteiger charge is 2.44. The first-order valence-electron chi connectivity index (χ1n) is 6.12. The lowest BCUT2D eigenvalue weighted by Crippen LogP contribution is -2.52. The van der Waals surface area contributed by atoms with Crippen LogP contribution in [0.25, 0.3) is 11.0 Å². The molecule has 18 heavy (non-hydrogen) atoms. The predicted molar refractivity (Wildman–Crippen MR) is 69.6 cm³/mol. The van der Waals surface area contributed by atoms with E-state index < -0.39 is 0 Å². The molecule has 5 heteroatoms. The van der Waals surface area contributed by atoms with Crippen LogP contribution in [0, 0.1) is 5.92 Å². The van der Waals surface area contributed by atoms with Crippen LogP contribution in [0.15, 0.2) is 35.7 Å². The Morgan fingerprint density at radius 3 is 2.94 bits per heavy atom. The Balaban J connectivity index is 1.96. The lowest BCUT2D eigenvalue weighted by molar-refractivity contribution is 0.238. The number of hydrogen-bond donors (Lipinski definition) is 2. The fourth-order valence-electron chi connectivity index (χ4n) is 2.77. The van der Waals surface area contributed by atoms with Gasteiger partial charge in [-0.05, 0) is 18.2 Å². The van der Waals surface area contributed by atoms with Crippen molar-refractivity contribution in [2.45, 2.75) is 5.54 Å². The molecule has 2 aliphatic rings.